The van der Waals surface area contributed by atoms with Gasteiger partial charge in [0.2, 0.25) is 0 Å². The maximum absolute atomic E-state index is 5.47. The second-order valence-corrected chi connectivity index (χ2v) is 7.35. The highest BCUT2D eigenvalue weighted by atomic mass is 32.1. The van der Waals surface area contributed by atoms with E-state index in [-0.39, 0.29) is 0 Å². The van der Waals surface area contributed by atoms with Gasteiger partial charge in [0.05, 0.1) is 17.3 Å². The molecule has 6 heteroatoms. The SMILES string of the molecule is CCNC(=NCCc1nc(CC)c(C)s1)N(C)CC1CCOC1. The van der Waals surface area contributed by atoms with Crippen LogP contribution in [0.3, 0.4) is 0 Å². The zero-order valence-electron chi connectivity index (χ0n) is 14.9. The van der Waals surface area contributed by atoms with E-state index in [9.17, 15) is 0 Å². The van der Waals surface area contributed by atoms with Crippen molar-refractivity contribution >= 4 is 17.3 Å². The molecule has 1 aromatic rings. The smallest absolute Gasteiger partial charge is 0.193 e. The molecule has 5 nitrogen and oxygen atoms in total. The fourth-order valence-corrected chi connectivity index (χ4v) is 3.86. The average molecular weight is 339 g/mol. The number of thiazole rings is 1. The second kappa shape index (κ2) is 9.23. The van der Waals surface area contributed by atoms with E-state index in [0.717, 1.165) is 58.1 Å². The van der Waals surface area contributed by atoms with Gasteiger partial charge in [-0.2, -0.15) is 0 Å². The Bertz CT molecular complexity index is 509. The van der Waals surface area contributed by atoms with E-state index in [1.165, 1.54) is 15.6 Å². The first-order valence-corrected chi connectivity index (χ1v) is 9.48. The highest BCUT2D eigenvalue weighted by molar-refractivity contribution is 7.11. The predicted molar refractivity (Wildman–Crippen MR) is 97.5 cm³/mol. The van der Waals surface area contributed by atoms with E-state index in [1.54, 1.807) is 0 Å². The summed E-state index contributed by atoms with van der Waals surface area (Å²) in [6.07, 6.45) is 3.09. The Morgan fingerprint density at radius 2 is 2.30 bits per heavy atom. The lowest BCUT2D eigenvalue weighted by Gasteiger charge is -2.24. The molecular weight excluding hydrogens is 308 g/mol. The number of aryl methyl sites for hydroxylation is 2. The van der Waals surface area contributed by atoms with Crippen molar-refractivity contribution in [2.75, 3.05) is 39.9 Å². The third-order valence-electron chi connectivity index (χ3n) is 4.11. The summed E-state index contributed by atoms with van der Waals surface area (Å²) in [6, 6.07) is 0. The van der Waals surface area contributed by atoms with Gasteiger partial charge in [0.25, 0.3) is 0 Å². The predicted octanol–water partition coefficient (Wildman–Crippen LogP) is 2.49. The van der Waals surface area contributed by atoms with Gasteiger partial charge < -0.3 is 15.0 Å². The fraction of sp³-hybridized carbons (Fsp3) is 0.765. The number of guanidine groups is 1. The monoisotopic (exact) mass is 338 g/mol. The number of aromatic nitrogens is 1. The van der Waals surface area contributed by atoms with Gasteiger partial charge in [0.15, 0.2) is 5.96 Å². The summed E-state index contributed by atoms with van der Waals surface area (Å²) in [5, 5.41) is 4.59. The molecule has 130 valence electrons. The van der Waals surface area contributed by atoms with Gasteiger partial charge in [-0.25, -0.2) is 4.98 Å². The van der Waals surface area contributed by atoms with Crippen molar-refractivity contribution in [3.63, 3.8) is 0 Å². The number of hydrogen-bond donors (Lipinski definition) is 1. The molecule has 1 fully saturated rings. The van der Waals surface area contributed by atoms with Gasteiger partial charge in [0, 0.05) is 50.5 Å². The van der Waals surface area contributed by atoms with E-state index >= 15 is 0 Å². The average Bonchev–Trinajstić information content (AvgIpc) is 3.15. The molecule has 1 aliphatic rings. The lowest BCUT2D eigenvalue weighted by Crippen LogP contribution is -2.41. The maximum atomic E-state index is 5.47. The summed E-state index contributed by atoms with van der Waals surface area (Å²) in [5.41, 5.74) is 1.24. The third-order valence-corrected chi connectivity index (χ3v) is 5.18. The van der Waals surface area contributed by atoms with Crippen LogP contribution in [0.4, 0.5) is 0 Å². The lowest BCUT2D eigenvalue weighted by atomic mass is 10.1. The van der Waals surface area contributed by atoms with E-state index in [1.807, 2.05) is 11.3 Å². The molecule has 1 atom stereocenters. The summed E-state index contributed by atoms with van der Waals surface area (Å²) in [6.45, 7) is 10.9. The molecular formula is C17H30N4OS. The van der Waals surface area contributed by atoms with E-state index < -0.39 is 0 Å². The number of hydrogen-bond acceptors (Lipinski definition) is 4. The zero-order valence-corrected chi connectivity index (χ0v) is 15.7. The lowest BCUT2D eigenvalue weighted by molar-refractivity contribution is 0.181. The summed E-state index contributed by atoms with van der Waals surface area (Å²) >= 11 is 1.81. The molecule has 1 aliphatic heterocycles. The molecule has 2 rings (SSSR count). The van der Waals surface area contributed by atoms with E-state index in [0.29, 0.717) is 5.92 Å². The Morgan fingerprint density at radius 1 is 1.48 bits per heavy atom. The summed E-state index contributed by atoms with van der Waals surface area (Å²) in [4.78, 5) is 13.0. The summed E-state index contributed by atoms with van der Waals surface area (Å²) in [5.74, 6) is 1.61. The first kappa shape index (κ1) is 18.2. The quantitative estimate of drug-likeness (QED) is 0.613. The first-order valence-electron chi connectivity index (χ1n) is 8.66. The summed E-state index contributed by atoms with van der Waals surface area (Å²) in [7, 11) is 2.11. The van der Waals surface area contributed by atoms with Crippen LogP contribution in [0.2, 0.25) is 0 Å². The maximum Gasteiger partial charge on any atom is 0.193 e. The number of rotatable bonds is 7. The first-order chi connectivity index (χ1) is 11.1. The van der Waals surface area contributed by atoms with Crippen molar-refractivity contribution in [2.45, 2.75) is 40.0 Å². The molecule has 1 saturated heterocycles. The fourth-order valence-electron chi connectivity index (χ4n) is 2.85. The van der Waals surface area contributed by atoms with Crippen molar-refractivity contribution in [3.8, 4) is 0 Å². The Morgan fingerprint density at radius 3 is 2.91 bits per heavy atom. The van der Waals surface area contributed by atoms with Crippen LogP contribution >= 0.6 is 11.3 Å². The van der Waals surface area contributed by atoms with Gasteiger partial charge in [-0.3, -0.25) is 4.99 Å². The van der Waals surface area contributed by atoms with Crippen LogP contribution < -0.4 is 5.32 Å². The van der Waals surface area contributed by atoms with Crippen LogP contribution in [0.5, 0.6) is 0 Å². The van der Waals surface area contributed by atoms with Crippen molar-refractivity contribution < 1.29 is 4.74 Å². The number of aliphatic imine (C=N–C) groups is 1. The molecule has 0 amide bonds. The van der Waals surface area contributed by atoms with Gasteiger partial charge in [0.1, 0.15) is 0 Å². The molecule has 1 aromatic heterocycles. The molecule has 1 unspecified atom stereocenters. The molecule has 0 aromatic carbocycles. The van der Waals surface area contributed by atoms with Crippen LogP contribution in [0, 0.1) is 12.8 Å². The second-order valence-electron chi connectivity index (χ2n) is 6.06. The Hall–Kier alpha value is -1.14. The summed E-state index contributed by atoms with van der Waals surface area (Å²) < 4.78 is 5.47. The van der Waals surface area contributed by atoms with Crippen molar-refractivity contribution in [1.82, 2.24) is 15.2 Å². The topological polar surface area (TPSA) is 49.8 Å². The molecule has 0 spiro atoms. The van der Waals surface area contributed by atoms with Crippen LogP contribution in [-0.2, 0) is 17.6 Å². The normalized spacial score (nSPS) is 18.4. The van der Waals surface area contributed by atoms with Gasteiger partial charge in [-0.15, -0.1) is 11.3 Å². The minimum atomic E-state index is 0.623. The molecule has 0 saturated carbocycles. The largest absolute Gasteiger partial charge is 0.381 e. The number of ether oxygens (including phenoxy) is 1. The third kappa shape index (κ3) is 5.46. The molecule has 23 heavy (non-hydrogen) atoms. The molecule has 0 bridgehead atoms. The Labute approximate surface area is 144 Å². The van der Waals surface area contributed by atoms with E-state index in [4.69, 9.17) is 14.7 Å². The minimum Gasteiger partial charge on any atom is -0.381 e. The van der Waals surface area contributed by atoms with Gasteiger partial charge >= 0.3 is 0 Å². The van der Waals surface area contributed by atoms with Crippen LogP contribution in [0.25, 0.3) is 0 Å². The zero-order chi connectivity index (χ0) is 16.7. The van der Waals surface area contributed by atoms with E-state index in [2.05, 4.69) is 38.0 Å². The number of nitrogens with one attached hydrogen (secondary N) is 1. The van der Waals surface area contributed by atoms with Gasteiger partial charge in [-0.05, 0) is 26.7 Å². The Kier molecular flexibility index (Phi) is 7.30. The van der Waals surface area contributed by atoms with Crippen molar-refractivity contribution in [1.29, 1.82) is 0 Å². The van der Waals surface area contributed by atoms with Crippen LogP contribution in [-0.4, -0.2) is 55.7 Å². The standard InChI is InChI=1S/C17H30N4OS/c1-5-15-13(3)23-16(20-15)7-9-19-17(18-6-2)21(4)11-14-8-10-22-12-14/h14H,5-12H2,1-4H3,(H,18,19). The molecule has 0 radical (unpaired) electrons. The van der Waals surface area contributed by atoms with Crippen molar-refractivity contribution in [2.24, 2.45) is 10.9 Å². The molecule has 0 aliphatic carbocycles. The number of nitrogens with zero attached hydrogens (tertiary/aromatic N) is 3. The molecule has 2 heterocycles. The highest BCUT2D eigenvalue weighted by Crippen LogP contribution is 2.18. The van der Waals surface area contributed by atoms with Crippen LogP contribution in [0.1, 0.15) is 35.8 Å². The van der Waals surface area contributed by atoms with Crippen LogP contribution in [0.15, 0.2) is 4.99 Å². The van der Waals surface area contributed by atoms with Gasteiger partial charge in [-0.1, -0.05) is 6.92 Å². The Balaban J connectivity index is 1.88. The minimum absolute atomic E-state index is 0.623. The van der Waals surface area contributed by atoms with Crippen molar-refractivity contribution in [3.05, 3.63) is 15.6 Å². The molecule has 1 N–H and O–H groups in total. The highest BCUT2D eigenvalue weighted by Gasteiger charge is 2.19.